The van der Waals surface area contributed by atoms with Crippen molar-refractivity contribution >= 4 is 69.0 Å². The van der Waals surface area contributed by atoms with Crippen LogP contribution in [0, 0.1) is 3.57 Å². The lowest BCUT2D eigenvalue weighted by Gasteiger charge is -2.23. The largest absolute Gasteiger partial charge is 0.332 e. The first-order valence-corrected chi connectivity index (χ1v) is 10.1. The average Bonchev–Trinajstić information content (AvgIpc) is 2.83. The van der Waals surface area contributed by atoms with Crippen LogP contribution < -0.4 is 5.32 Å². The zero-order valence-electron chi connectivity index (χ0n) is 14.5. The fourth-order valence-corrected chi connectivity index (χ4v) is 3.63. The predicted molar refractivity (Wildman–Crippen MR) is 119 cm³/mol. The molecule has 0 aromatic heterocycles. The zero-order valence-corrected chi connectivity index (χ0v) is 18.2. The second-order valence-corrected chi connectivity index (χ2v) is 8.26. The molecule has 3 rings (SSSR count). The number of thiocarbonyl (C=S) groups is 1. The van der Waals surface area contributed by atoms with Crippen LogP contribution in [0.5, 0.6) is 0 Å². The fraction of sp³-hybridized carbons (Fsp3) is 0.211. The van der Waals surface area contributed by atoms with Gasteiger partial charge in [-0.25, -0.2) is 0 Å². The van der Waals surface area contributed by atoms with E-state index in [1.54, 1.807) is 24.1 Å². The van der Waals surface area contributed by atoms with Crippen LogP contribution in [-0.4, -0.2) is 39.8 Å². The summed E-state index contributed by atoms with van der Waals surface area (Å²) in [6.07, 6.45) is 0.0306. The van der Waals surface area contributed by atoms with Crippen LogP contribution in [-0.2, 0) is 16.1 Å². The van der Waals surface area contributed by atoms with Crippen molar-refractivity contribution in [3.05, 3.63) is 62.7 Å². The first-order valence-electron chi connectivity index (χ1n) is 8.23. The maximum atomic E-state index is 12.6. The van der Waals surface area contributed by atoms with Crippen LogP contribution in [0.3, 0.4) is 0 Å². The van der Waals surface area contributed by atoms with Crippen molar-refractivity contribution < 1.29 is 9.59 Å². The summed E-state index contributed by atoms with van der Waals surface area (Å²) >= 11 is 13.5. The molecule has 1 atom stereocenters. The van der Waals surface area contributed by atoms with Gasteiger partial charge in [-0.1, -0.05) is 23.7 Å². The number of nitrogens with zero attached hydrogens (tertiary/aromatic N) is 2. The first kappa shape index (κ1) is 20.0. The van der Waals surface area contributed by atoms with Gasteiger partial charge in [0.1, 0.15) is 6.04 Å². The van der Waals surface area contributed by atoms with Gasteiger partial charge in [-0.05, 0) is 76.8 Å². The highest BCUT2D eigenvalue weighted by atomic mass is 127. The van der Waals surface area contributed by atoms with Crippen LogP contribution in [0.1, 0.15) is 12.0 Å². The number of carbonyl (C=O) groups is 2. The molecule has 0 spiro atoms. The maximum Gasteiger partial charge on any atom is 0.251 e. The minimum absolute atomic E-state index is 0.0306. The molecule has 1 aliphatic rings. The minimum Gasteiger partial charge on any atom is -0.332 e. The standard InChI is InChI=1S/C19H17ClIN3O2S/c1-23-18(26)16(10-17(25)22-15-8-6-14(21)7-9-15)24(19(23)27)11-12-2-4-13(20)5-3-12/h2-9,16H,10-11H2,1H3,(H,22,25)/t16-/m1/s1. The van der Waals surface area contributed by atoms with E-state index in [-0.39, 0.29) is 18.2 Å². The minimum atomic E-state index is -0.623. The molecule has 1 aliphatic heterocycles. The van der Waals surface area contributed by atoms with Gasteiger partial charge in [-0.15, -0.1) is 0 Å². The monoisotopic (exact) mass is 513 g/mol. The molecule has 0 radical (unpaired) electrons. The molecule has 1 N–H and O–H groups in total. The molecule has 2 amide bonds. The van der Waals surface area contributed by atoms with E-state index in [0.717, 1.165) is 9.13 Å². The molecule has 8 heteroatoms. The Kier molecular flexibility index (Phi) is 6.33. The van der Waals surface area contributed by atoms with Crippen molar-refractivity contribution in [3.8, 4) is 0 Å². The maximum absolute atomic E-state index is 12.6. The van der Waals surface area contributed by atoms with Gasteiger partial charge in [-0.3, -0.25) is 14.5 Å². The molecule has 0 saturated carbocycles. The third-order valence-corrected chi connectivity index (χ3v) is 5.78. The van der Waals surface area contributed by atoms with Crippen molar-refractivity contribution in [2.75, 3.05) is 12.4 Å². The number of carbonyl (C=O) groups excluding carboxylic acids is 2. The lowest BCUT2D eigenvalue weighted by atomic mass is 10.1. The summed E-state index contributed by atoms with van der Waals surface area (Å²) in [4.78, 5) is 28.3. The van der Waals surface area contributed by atoms with E-state index in [9.17, 15) is 9.59 Å². The number of rotatable bonds is 5. The molecule has 2 aromatic rings. The van der Waals surface area contributed by atoms with E-state index in [1.165, 1.54) is 4.90 Å². The SMILES string of the molecule is CN1C(=O)[C@@H](CC(=O)Nc2ccc(I)cc2)N(Cc2ccc(Cl)cc2)C1=S. The van der Waals surface area contributed by atoms with Crippen LogP contribution in [0.25, 0.3) is 0 Å². The number of anilines is 1. The van der Waals surface area contributed by atoms with Crippen molar-refractivity contribution in [2.24, 2.45) is 0 Å². The third-order valence-electron chi connectivity index (χ3n) is 4.30. The molecule has 0 unspecified atom stereocenters. The van der Waals surface area contributed by atoms with Gasteiger partial charge in [0.25, 0.3) is 5.91 Å². The van der Waals surface area contributed by atoms with Gasteiger partial charge in [-0.2, -0.15) is 0 Å². The van der Waals surface area contributed by atoms with Crippen LogP contribution in [0.4, 0.5) is 5.69 Å². The summed E-state index contributed by atoms with van der Waals surface area (Å²) in [7, 11) is 1.64. The Balaban J connectivity index is 1.72. The Labute approximate surface area is 181 Å². The van der Waals surface area contributed by atoms with E-state index in [0.29, 0.717) is 22.4 Å². The van der Waals surface area contributed by atoms with Crippen molar-refractivity contribution in [1.82, 2.24) is 9.80 Å². The Morgan fingerprint density at radius 2 is 1.81 bits per heavy atom. The average molecular weight is 514 g/mol. The Morgan fingerprint density at radius 1 is 1.19 bits per heavy atom. The van der Waals surface area contributed by atoms with Crippen molar-refractivity contribution in [3.63, 3.8) is 0 Å². The molecule has 140 valence electrons. The second kappa shape index (κ2) is 8.53. The van der Waals surface area contributed by atoms with E-state index in [2.05, 4.69) is 27.9 Å². The Bertz CT molecular complexity index is 874. The Morgan fingerprint density at radius 3 is 2.44 bits per heavy atom. The summed E-state index contributed by atoms with van der Waals surface area (Å²) in [6.45, 7) is 0.438. The second-order valence-electron chi connectivity index (χ2n) is 6.21. The van der Waals surface area contributed by atoms with Crippen LogP contribution >= 0.6 is 46.4 Å². The molecule has 1 saturated heterocycles. The van der Waals surface area contributed by atoms with Gasteiger partial charge in [0.15, 0.2) is 5.11 Å². The zero-order chi connectivity index (χ0) is 19.6. The lowest BCUT2D eigenvalue weighted by Crippen LogP contribution is -2.37. The molecule has 0 aliphatic carbocycles. The van der Waals surface area contributed by atoms with Crippen LogP contribution in [0.2, 0.25) is 5.02 Å². The molecular formula is C19H17ClIN3O2S. The van der Waals surface area contributed by atoms with E-state index in [1.807, 2.05) is 36.4 Å². The molecule has 1 fully saturated rings. The molecule has 27 heavy (non-hydrogen) atoms. The normalized spacial score (nSPS) is 16.8. The highest BCUT2D eigenvalue weighted by Crippen LogP contribution is 2.23. The highest BCUT2D eigenvalue weighted by Gasteiger charge is 2.41. The summed E-state index contributed by atoms with van der Waals surface area (Å²) in [5.74, 6) is -0.402. The summed E-state index contributed by atoms with van der Waals surface area (Å²) < 4.78 is 1.08. The molecule has 2 aromatic carbocycles. The fourth-order valence-electron chi connectivity index (χ4n) is 2.86. The number of hydrogen-bond donors (Lipinski definition) is 1. The van der Waals surface area contributed by atoms with Gasteiger partial charge in [0.2, 0.25) is 5.91 Å². The lowest BCUT2D eigenvalue weighted by molar-refractivity contribution is -0.130. The molecule has 5 nitrogen and oxygen atoms in total. The summed E-state index contributed by atoms with van der Waals surface area (Å²) in [5.41, 5.74) is 1.67. The van der Waals surface area contributed by atoms with E-state index < -0.39 is 6.04 Å². The summed E-state index contributed by atoms with van der Waals surface area (Å²) in [6, 6.07) is 14.2. The number of nitrogens with one attached hydrogen (secondary N) is 1. The van der Waals surface area contributed by atoms with Crippen LogP contribution in [0.15, 0.2) is 48.5 Å². The number of amides is 2. The quantitative estimate of drug-likeness (QED) is 0.487. The van der Waals surface area contributed by atoms with E-state index in [4.69, 9.17) is 23.8 Å². The number of hydrogen-bond acceptors (Lipinski definition) is 3. The van der Waals surface area contributed by atoms with Gasteiger partial charge >= 0.3 is 0 Å². The third kappa shape index (κ3) is 4.77. The molecular weight excluding hydrogens is 497 g/mol. The number of halogens is 2. The summed E-state index contributed by atoms with van der Waals surface area (Å²) in [5, 5.41) is 3.90. The Hall–Kier alpha value is -1.71. The van der Waals surface area contributed by atoms with Crippen molar-refractivity contribution in [1.29, 1.82) is 0 Å². The van der Waals surface area contributed by atoms with Crippen molar-refractivity contribution in [2.45, 2.75) is 19.0 Å². The van der Waals surface area contributed by atoms with Gasteiger partial charge in [0, 0.05) is 27.9 Å². The van der Waals surface area contributed by atoms with Gasteiger partial charge < -0.3 is 10.2 Å². The topological polar surface area (TPSA) is 52.7 Å². The van der Waals surface area contributed by atoms with E-state index >= 15 is 0 Å². The first-order chi connectivity index (χ1) is 12.8. The predicted octanol–water partition coefficient (Wildman–Crippen LogP) is 3.90. The molecule has 0 bridgehead atoms. The van der Waals surface area contributed by atoms with Gasteiger partial charge in [0.05, 0.1) is 6.42 Å². The molecule has 1 heterocycles. The highest BCUT2D eigenvalue weighted by molar-refractivity contribution is 14.1. The number of likely N-dealkylation sites (N-methyl/N-ethyl adjacent to an activating group) is 1. The smallest absolute Gasteiger partial charge is 0.251 e. The number of benzene rings is 2.